The lowest BCUT2D eigenvalue weighted by molar-refractivity contribution is 0.00569. The van der Waals surface area contributed by atoms with Crippen molar-refractivity contribution in [1.82, 2.24) is 19.6 Å². The molecular formula is C58H58BBrCl4N4O10. The molecule has 0 radical (unpaired) electrons. The minimum absolute atomic E-state index is 0.0729. The summed E-state index contributed by atoms with van der Waals surface area (Å²) >= 11 is 28.0. The highest BCUT2D eigenvalue weighted by Crippen LogP contribution is 2.36. The number of nitrogens with zero attached hydrogens (tertiary/aromatic N) is 4. The van der Waals surface area contributed by atoms with E-state index >= 15 is 0 Å². The van der Waals surface area contributed by atoms with Crippen LogP contribution in [-0.4, -0.2) is 72.1 Å². The van der Waals surface area contributed by atoms with Gasteiger partial charge in [-0.1, -0.05) is 70.7 Å². The van der Waals surface area contributed by atoms with Crippen molar-refractivity contribution in [2.75, 3.05) is 0 Å². The Labute approximate surface area is 482 Å². The summed E-state index contributed by atoms with van der Waals surface area (Å²) in [5.41, 5.74) is 3.25. The van der Waals surface area contributed by atoms with Gasteiger partial charge in [0.05, 0.1) is 44.7 Å². The molecule has 2 N–H and O–H groups in total. The van der Waals surface area contributed by atoms with Crippen LogP contribution in [0.1, 0.15) is 90.0 Å². The first-order valence-electron chi connectivity index (χ1n) is 24.4. The van der Waals surface area contributed by atoms with Crippen molar-refractivity contribution in [1.29, 1.82) is 0 Å². The van der Waals surface area contributed by atoms with Crippen molar-refractivity contribution in [3.63, 3.8) is 0 Å². The Morgan fingerprint density at radius 2 is 0.885 bits per heavy atom. The number of halogens is 5. The summed E-state index contributed by atoms with van der Waals surface area (Å²) in [6, 6.07) is 38.1. The molecule has 78 heavy (non-hydrogen) atoms. The maximum Gasteiger partial charge on any atom is 0.488 e. The van der Waals surface area contributed by atoms with Crippen LogP contribution < -0.4 is 24.4 Å². The van der Waals surface area contributed by atoms with Gasteiger partial charge >= 0.3 is 19.1 Å². The van der Waals surface area contributed by atoms with Crippen LogP contribution in [0.2, 0.25) is 20.1 Å². The Balaban J connectivity index is 0.000000211. The fourth-order valence-electron chi connectivity index (χ4n) is 6.84. The molecule has 0 fully saturated rings. The quantitative estimate of drug-likeness (QED) is 0.0783. The Hall–Kier alpha value is -6.50. The number of ether oxygens (including phenoxy) is 6. The van der Waals surface area contributed by atoms with Gasteiger partial charge in [-0.15, -0.1) is 10.2 Å². The summed E-state index contributed by atoms with van der Waals surface area (Å²) in [5.74, 6) is 2.50. The first-order chi connectivity index (χ1) is 36.7. The maximum atomic E-state index is 12.4. The number of benzene rings is 6. The van der Waals surface area contributed by atoms with Crippen LogP contribution in [0.3, 0.4) is 0 Å². The Bertz CT molecular complexity index is 3250. The molecular weight excluding hydrogens is 1150 g/mol. The van der Waals surface area contributed by atoms with E-state index < -0.39 is 24.3 Å². The molecule has 0 unspecified atom stereocenters. The highest BCUT2D eigenvalue weighted by Gasteiger charge is 2.21. The average Bonchev–Trinajstić information content (AvgIpc) is 3.96. The summed E-state index contributed by atoms with van der Waals surface area (Å²) in [6.45, 7) is 18.8. The molecule has 408 valence electrons. The number of esters is 2. The molecule has 0 aliphatic rings. The van der Waals surface area contributed by atoms with Crippen LogP contribution in [0.5, 0.6) is 34.8 Å². The van der Waals surface area contributed by atoms with Gasteiger partial charge in [0, 0.05) is 32.5 Å². The van der Waals surface area contributed by atoms with E-state index in [4.69, 9.17) is 84.9 Å². The van der Waals surface area contributed by atoms with Gasteiger partial charge in [0.15, 0.2) is 0 Å². The van der Waals surface area contributed by atoms with E-state index in [0.717, 1.165) is 22.6 Å². The second-order valence-corrected chi connectivity index (χ2v) is 22.4. The number of carbonyl (C=O) groups excluding carboxylic acids is 2. The lowest BCUT2D eigenvalue weighted by Gasteiger charge is -2.19. The zero-order valence-corrected chi connectivity index (χ0v) is 49.0. The van der Waals surface area contributed by atoms with E-state index in [-0.39, 0.29) is 18.2 Å². The molecule has 0 aliphatic heterocycles. The van der Waals surface area contributed by atoms with Crippen LogP contribution in [0, 0.1) is 0 Å². The lowest BCUT2D eigenvalue weighted by Crippen LogP contribution is -2.29. The second-order valence-electron chi connectivity index (χ2n) is 19.8. The summed E-state index contributed by atoms with van der Waals surface area (Å²) in [6.07, 6.45) is 3.80. The molecule has 2 aromatic heterocycles. The zero-order valence-electron chi connectivity index (χ0n) is 44.4. The van der Waals surface area contributed by atoms with E-state index in [1.54, 1.807) is 125 Å². The van der Waals surface area contributed by atoms with Gasteiger partial charge in [0.25, 0.3) is 5.88 Å². The van der Waals surface area contributed by atoms with E-state index in [1.807, 2.05) is 99.7 Å². The molecule has 8 rings (SSSR count). The van der Waals surface area contributed by atoms with Gasteiger partial charge in [0.1, 0.15) is 34.2 Å². The highest BCUT2D eigenvalue weighted by molar-refractivity contribution is 9.10. The molecule has 0 aliphatic carbocycles. The number of carbonyl (C=O) groups is 2. The molecule has 20 heteroatoms. The molecule has 0 bridgehead atoms. The van der Waals surface area contributed by atoms with E-state index in [9.17, 15) is 9.59 Å². The van der Waals surface area contributed by atoms with Crippen molar-refractivity contribution in [2.45, 2.75) is 92.6 Å². The maximum absolute atomic E-state index is 12.4. The van der Waals surface area contributed by atoms with Crippen molar-refractivity contribution in [3.05, 3.63) is 182 Å². The highest BCUT2D eigenvalue weighted by atomic mass is 79.9. The van der Waals surface area contributed by atoms with Gasteiger partial charge in [-0.05, 0) is 205 Å². The molecule has 0 atom stereocenters. The Kier molecular flexibility index (Phi) is 21.0. The van der Waals surface area contributed by atoms with Crippen molar-refractivity contribution in [3.8, 4) is 57.3 Å². The fraction of sp³-hybridized carbons (Fsp3) is 0.241. The third-order valence-electron chi connectivity index (χ3n) is 10.0. The smallest absolute Gasteiger partial charge is 0.488 e. The molecule has 0 saturated carbocycles. The fourth-order valence-corrected chi connectivity index (χ4v) is 8.22. The standard InChI is InChI=1S/C29H28Cl2N2O4.C20H17BrCl2N2O3.C9H13BO3/c1-18(2)35-24-10-6-19(7-11-24)26-17-33(23-15-21(30)14-22(31)16-23)32-27(26)36-25-12-8-20(9-13-25)28(34)37-29(3,4)5;1-20(2,3)28-19(26)12-4-6-16(7-5-12)27-18-17(21)11-25(24-18)15-9-13(22)8-14(23)10-15;1-7(2)13-9-5-3-8(4-6-9)10(11)12/h6-18H,1-5H3;4-11H,1-3H3;3-7,11-12H,1-2H3. The molecule has 14 nitrogen and oxygen atoms in total. The van der Waals surface area contributed by atoms with Crippen molar-refractivity contribution < 1.29 is 48.1 Å². The molecule has 0 saturated heterocycles. The van der Waals surface area contributed by atoms with Crippen molar-refractivity contribution in [2.24, 2.45) is 0 Å². The van der Waals surface area contributed by atoms with Crippen LogP contribution in [0.15, 0.2) is 150 Å². The first-order valence-corrected chi connectivity index (χ1v) is 26.7. The van der Waals surface area contributed by atoms with E-state index in [0.29, 0.717) is 75.8 Å². The number of aromatic nitrogens is 4. The predicted molar refractivity (Wildman–Crippen MR) is 311 cm³/mol. The SMILES string of the molecule is CC(C)(C)OC(=O)c1ccc(Oc2nn(-c3cc(Cl)cc(Cl)c3)cc2Br)cc1.CC(C)Oc1ccc(-c2cn(-c3cc(Cl)cc(Cl)c3)nc2Oc2ccc(C(=O)OC(C)(C)C)cc2)cc1.CC(C)Oc1ccc(B(O)O)cc1. The number of hydrogen-bond acceptors (Lipinski definition) is 12. The summed E-state index contributed by atoms with van der Waals surface area (Å²) in [7, 11) is -1.41. The lowest BCUT2D eigenvalue weighted by atomic mass is 9.80. The molecule has 0 spiro atoms. The molecule has 6 aromatic carbocycles. The average molecular weight is 1200 g/mol. The predicted octanol–water partition coefficient (Wildman–Crippen LogP) is 15.2. The van der Waals surface area contributed by atoms with Crippen LogP contribution in [0.25, 0.3) is 22.5 Å². The molecule has 2 heterocycles. The largest absolute Gasteiger partial charge is 0.491 e. The third kappa shape index (κ3) is 18.9. The van der Waals surface area contributed by atoms with E-state index in [1.165, 1.54) is 0 Å². The second kappa shape index (κ2) is 26.9. The first kappa shape index (κ1) is 60.7. The molecule has 0 amide bonds. The van der Waals surface area contributed by atoms with Crippen LogP contribution >= 0.6 is 62.3 Å². The van der Waals surface area contributed by atoms with E-state index in [2.05, 4.69) is 26.1 Å². The minimum Gasteiger partial charge on any atom is -0.491 e. The zero-order chi connectivity index (χ0) is 57.1. The molecule has 8 aromatic rings. The summed E-state index contributed by atoms with van der Waals surface area (Å²) in [4.78, 5) is 24.5. The third-order valence-corrected chi connectivity index (χ3v) is 11.5. The van der Waals surface area contributed by atoms with Gasteiger partial charge < -0.3 is 38.5 Å². The number of rotatable bonds is 14. The summed E-state index contributed by atoms with van der Waals surface area (Å²) in [5, 5.41) is 28.7. The minimum atomic E-state index is -1.41. The Morgan fingerprint density at radius 1 is 0.526 bits per heavy atom. The van der Waals surface area contributed by atoms with Gasteiger partial charge in [0.2, 0.25) is 5.88 Å². The van der Waals surface area contributed by atoms with Gasteiger partial charge in [-0.2, -0.15) is 0 Å². The Morgan fingerprint density at radius 3 is 1.27 bits per heavy atom. The summed E-state index contributed by atoms with van der Waals surface area (Å²) < 4.78 is 37.8. The monoisotopic (exact) mass is 1200 g/mol. The van der Waals surface area contributed by atoms with Crippen LogP contribution in [-0.2, 0) is 9.47 Å². The van der Waals surface area contributed by atoms with Gasteiger partial charge in [-0.25, -0.2) is 19.0 Å². The van der Waals surface area contributed by atoms with Crippen molar-refractivity contribution >= 4 is 86.9 Å². The van der Waals surface area contributed by atoms with Gasteiger partial charge in [-0.3, -0.25) is 0 Å². The normalized spacial score (nSPS) is 11.2. The number of hydrogen-bond donors (Lipinski definition) is 2. The topological polar surface area (TPSA) is 166 Å². The van der Waals surface area contributed by atoms with Crippen LogP contribution in [0.4, 0.5) is 0 Å².